The SMILES string of the molecule is Cc1ccc(-n2cc(Br)cn2)nn1. The van der Waals surface area contributed by atoms with Crippen LogP contribution in [-0.4, -0.2) is 20.0 Å². The standard InChI is InChI=1S/C8H7BrN4/c1-6-2-3-8(12-11-6)13-5-7(9)4-10-13/h2-5H,1H3. The second kappa shape index (κ2) is 3.26. The number of aryl methyl sites for hydroxylation is 1. The van der Waals surface area contributed by atoms with Gasteiger partial charge in [0.25, 0.3) is 0 Å². The lowest BCUT2D eigenvalue weighted by atomic mass is 10.4. The topological polar surface area (TPSA) is 43.6 Å². The number of halogens is 1. The number of aromatic nitrogens is 4. The Balaban J connectivity index is 2.41. The monoisotopic (exact) mass is 238 g/mol. The number of nitrogens with zero attached hydrogens (tertiary/aromatic N) is 4. The Morgan fingerprint density at radius 1 is 1.31 bits per heavy atom. The molecule has 0 aliphatic heterocycles. The fourth-order valence-electron chi connectivity index (χ4n) is 0.940. The minimum Gasteiger partial charge on any atom is -0.220 e. The predicted octanol–water partition coefficient (Wildman–Crippen LogP) is 1.73. The zero-order valence-electron chi connectivity index (χ0n) is 6.98. The van der Waals surface area contributed by atoms with Gasteiger partial charge in [0.05, 0.1) is 16.4 Å². The van der Waals surface area contributed by atoms with E-state index in [-0.39, 0.29) is 0 Å². The third-order valence-electron chi connectivity index (χ3n) is 1.57. The first kappa shape index (κ1) is 8.37. The summed E-state index contributed by atoms with van der Waals surface area (Å²) in [5.41, 5.74) is 0.898. The van der Waals surface area contributed by atoms with Crippen molar-refractivity contribution in [3.05, 3.63) is 34.7 Å². The molecular formula is C8H7BrN4. The Morgan fingerprint density at radius 2 is 2.15 bits per heavy atom. The molecule has 0 fully saturated rings. The van der Waals surface area contributed by atoms with Gasteiger partial charge in [-0.2, -0.15) is 10.2 Å². The van der Waals surface area contributed by atoms with E-state index in [1.54, 1.807) is 10.9 Å². The maximum atomic E-state index is 4.08. The highest BCUT2D eigenvalue weighted by Gasteiger charge is 1.99. The Labute approximate surface area is 83.7 Å². The van der Waals surface area contributed by atoms with Crippen LogP contribution in [0.3, 0.4) is 0 Å². The zero-order valence-corrected chi connectivity index (χ0v) is 8.56. The molecule has 0 amide bonds. The number of rotatable bonds is 1. The van der Waals surface area contributed by atoms with E-state index in [0.717, 1.165) is 16.0 Å². The molecule has 2 aromatic heterocycles. The van der Waals surface area contributed by atoms with Crippen molar-refractivity contribution in [3.8, 4) is 5.82 Å². The highest BCUT2D eigenvalue weighted by Crippen LogP contribution is 2.09. The first-order valence-corrected chi connectivity index (χ1v) is 4.56. The fraction of sp³-hybridized carbons (Fsp3) is 0.125. The van der Waals surface area contributed by atoms with Crippen molar-refractivity contribution in [1.29, 1.82) is 0 Å². The lowest BCUT2D eigenvalue weighted by Crippen LogP contribution is -1.99. The van der Waals surface area contributed by atoms with Gasteiger partial charge in [-0.25, -0.2) is 4.68 Å². The fourth-order valence-corrected chi connectivity index (χ4v) is 1.23. The van der Waals surface area contributed by atoms with Crippen LogP contribution in [0.5, 0.6) is 0 Å². The van der Waals surface area contributed by atoms with Crippen LogP contribution in [0.2, 0.25) is 0 Å². The molecule has 0 aliphatic carbocycles. The van der Waals surface area contributed by atoms with E-state index in [1.807, 2.05) is 25.3 Å². The minimum atomic E-state index is 0.719. The van der Waals surface area contributed by atoms with E-state index in [0.29, 0.717) is 0 Å². The lowest BCUT2D eigenvalue weighted by Gasteiger charge is -1.97. The molecule has 0 unspecified atom stereocenters. The molecule has 0 radical (unpaired) electrons. The summed E-state index contributed by atoms with van der Waals surface area (Å²) in [6, 6.07) is 3.78. The molecule has 13 heavy (non-hydrogen) atoms. The van der Waals surface area contributed by atoms with Crippen LogP contribution in [0.15, 0.2) is 29.0 Å². The third kappa shape index (κ3) is 1.75. The van der Waals surface area contributed by atoms with Crippen LogP contribution in [-0.2, 0) is 0 Å². The summed E-state index contributed by atoms with van der Waals surface area (Å²) in [7, 11) is 0. The summed E-state index contributed by atoms with van der Waals surface area (Å²) in [5, 5.41) is 12.0. The Hall–Kier alpha value is -1.23. The molecule has 0 N–H and O–H groups in total. The third-order valence-corrected chi connectivity index (χ3v) is 1.98. The van der Waals surface area contributed by atoms with E-state index in [1.165, 1.54) is 0 Å². The normalized spacial score (nSPS) is 10.3. The molecular weight excluding hydrogens is 232 g/mol. The van der Waals surface area contributed by atoms with E-state index in [2.05, 4.69) is 31.2 Å². The Bertz CT molecular complexity index is 406. The average molecular weight is 239 g/mol. The van der Waals surface area contributed by atoms with E-state index in [9.17, 15) is 0 Å². The summed E-state index contributed by atoms with van der Waals surface area (Å²) in [6.07, 6.45) is 3.54. The predicted molar refractivity (Wildman–Crippen MR) is 51.6 cm³/mol. The summed E-state index contributed by atoms with van der Waals surface area (Å²) in [5.74, 6) is 0.719. The van der Waals surface area contributed by atoms with Gasteiger partial charge in [0.2, 0.25) is 0 Å². The highest BCUT2D eigenvalue weighted by atomic mass is 79.9. The van der Waals surface area contributed by atoms with Crippen LogP contribution in [0.25, 0.3) is 5.82 Å². The van der Waals surface area contributed by atoms with Crippen molar-refractivity contribution in [3.63, 3.8) is 0 Å². The van der Waals surface area contributed by atoms with Gasteiger partial charge in [-0.05, 0) is 35.0 Å². The van der Waals surface area contributed by atoms with Crippen LogP contribution >= 0.6 is 15.9 Å². The molecule has 0 aromatic carbocycles. The minimum absolute atomic E-state index is 0.719. The summed E-state index contributed by atoms with van der Waals surface area (Å²) >= 11 is 3.31. The molecule has 0 saturated heterocycles. The summed E-state index contributed by atoms with van der Waals surface area (Å²) in [4.78, 5) is 0. The van der Waals surface area contributed by atoms with Crippen molar-refractivity contribution in [2.45, 2.75) is 6.92 Å². The van der Waals surface area contributed by atoms with Gasteiger partial charge in [-0.15, -0.1) is 5.10 Å². The second-order valence-corrected chi connectivity index (χ2v) is 3.55. The Morgan fingerprint density at radius 3 is 2.69 bits per heavy atom. The van der Waals surface area contributed by atoms with Crippen LogP contribution in [0.1, 0.15) is 5.69 Å². The van der Waals surface area contributed by atoms with E-state index < -0.39 is 0 Å². The van der Waals surface area contributed by atoms with Crippen molar-refractivity contribution < 1.29 is 0 Å². The summed E-state index contributed by atoms with van der Waals surface area (Å²) < 4.78 is 2.59. The van der Waals surface area contributed by atoms with Gasteiger partial charge in [0.15, 0.2) is 5.82 Å². The van der Waals surface area contributed by atoms with E-state index >= 15 is 0 Å². The first-order valence-electron chi connectivity index (χ1n) is 3.76. The van der Waals surface area contributed by atoms with E-state index in [4.69, 9.17) is 0 Å². The first-order chi connectivity index (χ1) is 6.25. The van der Waals surface area contributed by atoms with Gasteiger partial charge >= 0.3 is 0 Å². The van der Waals surface area contributed by atoms with Gasteiger partial charge in [-0.1, -0.05) is 0 Å². The molecule has 0 atom stereocenters. The molecule has 0 aliphatic rings. The molecule has 2 aromatic rings. The molecule has 2 heterocycles. The maximum absolute atomic E-state index is 4.08. The molecule has 0 spiro atoms. The number of hydrogen-bond donors (Lipinski definition) is 0. The quantitative estimate of drug-likeness (QED) is 0.761. The zero-order chi connectivity index (χ0) is 9.26. The molecule has 4 nitrogen and oxygen atoms in total. The summed E-state index contributed by atoms with van der Waals surface area (Å²) in [6.45, 7) is 1.90. The van der Waals surface area contributed by atoms with Gasteiger partial charge in [-0.3, -0.25) is 0 Å². The largest absolute Gasteiger partial charge is 0.220 e. The van der Waals surface area contributed by atoms with Crippen LogP contribution in [0, 0.1) is 6.92 Å². The smallest absolute Gasteiger partial charge is 0.175 e. The van der Waals surface area contributed by atoms with Crippen molar-refractivity contribution in [2.75, 3.05) is 0 Å². The molecule has 66 valence electrons. The average Bonchev–Trinajstić information content (AvgIpc) is 2.53. The van der Waals surface area contributed by atoms with Gasteiger partial charge in [0, 0.05) is 6.20 Å². The second-order valence-electron chi connectivity index (χ2n) is 2.64. The lowest BCUT2D eigenvalue weighted by molar-refractivity contribution is 0.806. The van der Waals surface area contributed by atoms with Gasteiger partial charge < -0.3 is 0 Å². The van der Waals surface area contributed by atoms with Crippen LogP contribution in [0.4, 0.5) is 0 Å². The maximum Gasteiger partial charge on any atom is 0.175 e. The van der Waals surface area contributed by atoms with Crippen molar-refractivity contribution in [1.82, 2.24) is 20.0 Å². The molecule has 0 bridgehead atoms. The Kier molecular flexibility index (Phi) is 2.10. The highest BCUT2D eigenvalue weighted by molar-refractivity contribution is 9.10. The molecule has 2 rings (SSSR count). The van der Waals surface area contributed by atoms with Crippen molar-refractivity contribution >= 4 is 15.9 Å². The van der Waals surface area contributed by atoms with Crippen molar-refractivity contribution in [2.24, 2.45) is 0 Å². The molecule has 5 heteroatoms. The number of hydrogen-bond acceptors (Lipinski definition) is 3. The van der Waals surface area contributed by atoms with Gasteiger partial charge in [0.1, 0.15) is 0 Å². The molecule has 0 saturated carbocycles. The van der Waals surface area contributed by atoms with Crippen LogP contribution < -0.4 is 0 Å².